The highest BCUT2D eigenvalue weighted by Gasteiger charge is 2.51. The summed E-state index contributed by atoms with van der Waals surface area (Å²) in [7, 11) is 0. The topological polar surface area (TPSA) is 47.4 Å². The number of carbonyl (C=O) groups is 1. The molecule has 2 aromatic rings. The molecule has 1 saturated heterocycles. The Kier molecular flexibility index (Phi) is 4.74. The zero-order valence-corrected chi connectivity index (χ0v) is 14.3. The number of amides is 1. The molecule has 0 aliphatic carbocycles. The Morgan fingerprint density at radius 1 is 1.44 bits per heavy atom. The lowest BCUT2D eigenvalue weighted by atomic mass is 9.74. The first-order valence-corrected chi connectivity index (χ1v) is 8.22. The number of rotatable bonds is 5. The Bertz CT molecular complexity index is 760. The van der Waals surface area contributed by atoms with Crippen LogP contribution in [-0.4, -0.2) is 40.4 Å². The number of hydrogen-bond donors (Lipinski definition) is 0. The van der Waals surface area contributed by atoms with Gasteiger partial charge in [-0.05, 0) is 18.2 Å². The molecule has 5 nitrogen and oxygen atoms in total. The van der Waals surface area contributed by atoms with Crippen LogP contribution in [0.2, 0.25) is 0 Å². The van der Waals surface area contributed by atoms with E-state index in [0.29, 0.717) is 18.1 Å². The molecule has 1 aromatic carbocycles. The van der Waals surface area contributed by atoms with Crippen LogP contribution in [0.1, 0.15) is 32.1 Å². The minimum atomic E-state index is -0.522. The summed E-state index contributed by atoms with van der Waals surface area (Å²) in [5.74, 6) is 0.303. The molecule has 0 N–H and O–H groups in total. The lowest BCUT2D eigenvalue weighted by Gasteiger charge is -2.52. The molecular formula is C18H21F2N3O2. The van der Waals surface area contributed by atoms with Crippen molar-refractivity contribution < 1.29 is 18.3 Å². The first-order chi connectivity index (χ1) is 11.9. The first kappa shape index (κ1) is 17.4. The number of nitrogens with zero attached hydrogens (tertiary/aromatic N) is 3. The third-order valence-electron chi connectivity index (χ3n) is 4.37. The second-order valence-electron chi connectivity index (χ2n) is 6.81. The molecule has 1 aromatic heterocycles. The number of halogens is 2. The van der Waals surface area contributed by atoms with Crippen molar-refractivity contribution in [2.75, 3.05) is 19.8 Å². The average Bonchev–Trinajstić information content (AvgIpc) is 3.01. The number of ether oxygens (including phenoxy) is 1. The SMILES string of the molecule is CC1(C)CN(C(=O)OCCCF)C1c1nccn1-c1cccc(F)c1. The molecule has 134 valence electrons. The zero-order valence-electron chi connectivity index (χ0n) is 14.3. The standard InChI is InChI=1S/C18H21F2N3O2/c1-18(2)12-23(17(24)25-10-4-7-19)15(18)16-21-8-9-22(16)14-6-3-5-13(20)11-14/h3,5-6,8-9,11,15H,4,7,10,12H2,1-2H3. The van der Waals surface area contributed by atoms with E-state index >= 15 is 0 Å². The number of hydrogen-bond acceptors (Lipinski definition) is 3. The fourth-order valence-electron chi connectivity index (χ4n) is 3.24. The Morgan fingerprint density at radius 2 is 2.24 bits per heavy atom. The van der Waals surface area contributed by atoms with Crippen LogP contribution >= 0.6 is 0 Å². The van der Waals surface area contributed by atoms with Crippen LogP contribution in [0.3, 0.4) is 0 Å². The minimum Gasteiger partial charge on any atom is -0.449 e. The predicted octanol–water partition coefficient (Wildman–Crippen LogP) is 3.89. The van der Waals surface area contributed by atoms with Crippen LogP contribution in [0, 0.1) is 11.2 Å². The molecule has 1 unspecified atom stereocenters. The van der Waals surface area contributed by atoms with E-state index in [1.165, 1.54) is 12.1 Å². The maximum Gasteiger partial charge on any atom is 0.410 e. The summed E-state index contributed by atoms with van der Waals surface area (Å²) in [5.41, 5.74) is 0.441. The van der Waals surface area contributed by atoms with Gasteiger partial charge in [-0.1, -0.05) is 19.9 Å². The summed E-state index contributed by atoms with van der Waals surface area (Å²) in [4.78, 5) is 18.3. The van der Waals surface area contributed by atoms with Crippen LogP contribution in [0.15, 0.2) is 36.7 Å². The van der Waals surface area contributed by atoms with E-state index in [-0.39, 0.29) is 30.3 Å². The van der Waals surface area contributed by atoms with Crippen LogP contribution in [0.5, 0.6) is 0 Å². The van der Waals surface area contributed by atoms with Crippen LogP contribution in [-0.2, 0) is 4.74 Å². The molecule has 0 saturated carbocycles. The summed E-state index contributed by atoms with van der Waals surface area (Å²) < 4.78 is 32.7. The monoisotopic (exact) mass is 349 g/mol. The summed E-state index contributed by atoms with van der Waals surface area (Å²) >= 11 is 0. The van der Waals surface area contributed by atoms with Crippen molar-refractivity contribution in [3.8, 4) is 5.69 Å². The number of carbonyl (C=O) groups excluding carboxylic acids is 1. The molecule has 3 rings (SSSR count). The normalized spacial score (nSPS) is 18.7. The highest BCUT2D eigenvalue weighted by atomic mass is 19.1. The van der Waals surface area contributed by atoms with Crippen molar-refractivity contribution in [1.82, 2.24) is 14.5 Å². The van der Waals surface area contributed by atoms with Gasteiger partial charge < -0.3 is 9.30 Å². The zero-order chi connectivity index (χ0) is 18.0. The molecule has 0 spiro atoms. The van der Waals surface area contributed by atoms with Crippen molar-refractivity contribution in [3.05, 3.63) is 48.3 Å². The van der Waals surface area contributed by atoms with Crippen molar-refractivity contribution in [2.24, 2.45) is 5.41 Å². The molecule has 1 fully saturated rings. The third kappa shape index (κ3) is 3.36. The lowest BCUT2D eigenvalue weighted by Crippen LogP contribution is -2.58. The molecule has 2 heterocycles. The fourth-order valence-corrected chi connectivity index (χ4v) is 3.24. The molecule has 7 heteroatoms. The lowest BCUT2D eigenvalue weighted by molar-refractivity contribution is -0.0497. The first-order valence-electron chi connectivity index (χ1n) is 8.22. The van der Waals surface area contributed by atoms with Gasteiger partial charge in [0.25, 0.3) is 0 Å². The molecule has 25 heavy (non-hydrogen) atoms. The van der Waals surface area contributed by atoms with Gasteiger partial charge in [-0.2, -0.15) is 0 Å². The van der Waals surface area contributed by atoms with Gasteiger partial charge in [0.15, 0.2) is 0 Å². The second kappa shape index (κ2) is 6.82. The van der Waals surface area contributed by atoms with Gasteiger partial charge >= 0.3 is 6.09 Å². The Balaban J connectivity index is 1.87. The number of likely N-dealkylation sites (tertiary alicyclic amines) is 1. The van der Waals surface area contributed by atoms with Gasteiger partial charge in [-0.15, -0.1) is 0 Å². The number of benzene rings is 1. The summed E-state index contributed by atoms with van der Waals surface area (Å²) in [6.45, 7) is 4.12. The number of aromatic nitrogens is 2. The molecular weight excluding hydrogens is 328 g/mol. The maximum absolute atomic E-state index is 13.6. The van der Waals surface area contributed by atoms with E-state index in [2.05, 4.69) is 4.98 Å². The Hall–Kier alpha value is -2.44. The minimum absolute atomic E-state index is 0.0529. The Morgan fingerprint density at radius 3 is 2.92 bits per heavy atom. The molecule has 1 aliphatic rings. The molecule has 1 atom stereocenters. The number of imidazole rings is 1. The largest absolute Gasteiger partial charge is 0.449 e. The van der Waals surface area contributed by atoms with Crippen molar-refractivity contribution in [2.45, 2.75) is 26.3 Å². The molecule has 1 aliphatic heterocycles. The second-order valence-corrected chi connectivity index (χ2v) is 6.81. The Labute approximate surface area is 145 Å². The van der Waals surface area contributed by atoms with E-state index in [1.54, 1.807) is 34.0 Å². The van der Waals surface area contributed by atoms with Gasteiger partial charge in [-0.3, -0.25) is 9.29 Å². The molecule has 0 radical (unpaired) electrons. The van der Waals surface area contributed by atoms with E-state index in [4.69, 9.17) is 4.74 Å². The van der Waals surface area contributed by atoms with E-state index < -0.39 is 12.8 Å². The number of alkyl halides is 1. The van der Waals surface area contributed by atoms with Gasteiger partial charge in [0.05, 0.1) is 13.3 Å². The van der Waals surface area contributed by atoms with E-state index in [9.17, 15) is 13.6 Å². The quantitative estimate of drug-likeness (QED) is 0.770. The van der Waals surface area contributed by atoms with E-state index in [1.807, 2.05) is 13.8 Å². The average molecular weight is 349 g/mol. The van der Waals surface area contributed by atoms with Gasteiger partial charge in [0, 0.05) is 36.5 Å². The third-order valence-corrected chi connectivity index (χ3v) is 4.37. The highest BCUT2D eigenvalue weighted by Crippen LogP contribution is 2.48. The predicted molar refractivity (Wildman–Crippen MR) is 88.7 cm³/mol. The highest BCUT2D eigenvalue weighted by molar-refractivity contribution is 5.70. The summed E-state index contributed by atoms with van der Waals surface area (Å²) in [5, 5.41) is 0. The van der Waals surface area contributed by atoms with Gasteiger partial charge in [0.2, 0.25) is 0 Å². The van der Waals surface area contributed by atoms with Crippen LogP contribution in [0.4, 0.5) is 13.6 Å². The van der Waals surface area contributed by atoms with Crippen molar-refractivity contribution >= 4 is 6.09 Å². The summed E-state index contributed by atoms with van der Waals surface area (Å²) in [6, 6.07) is 5.90. The van der Waals surface area contributed by atoms with Gasteiger partial charge in [0.1, 0.15) is 17.7 Å². The smallest absolute Gasteiger partial charge is 0.410 e. The van der Waals surface area contributed by atoms with Crippen LogP contribution < -0.4 is 0 Å². The van der Waals surface area contributed by atoms with Gasteiger partial charge in [-0.25, -0.2) is 14.2 Å². The fraction of sp³-hybridized carbons (Fsp3) is 0.444. The molecule has 0 bridgehead atoms. The van der Waals surface area contributed by atoms with Crippen LogP contribution in [0.25, 0.3) is 5.69 Å². The summed E-state index contributed by atoms with van der Waals surface area (Å²) in [6.07, 6.45) is 3.07. The van der Waals surface area contributed by atoms with Crippen molar-refractivity contribution in [1.29, 1.82) is 0 Å². The molecule has 1 amide bonds. The van der Waals surface area contributed by atoms with Crippen molar-refractivity contribution in [3.63, 3.8) is 0 Å². The van der Waals surface area contributed by atoms with E-state index in [0.717, 1.165) is 0 Å². The maximum atomic E-state index is 13.6.